The fourth-order valence-electron chi connectivity index (χ4n) is 2.05. The van der Waals surface area contributed by atoms with E-state index in [-0.39, 0.29) is 5.91 Å². The molecule has 1 unspecified atom stereocenters. The van der Waals surface area contributed by atoms with Crippen molar-refractivity contribution in [2.45, 2.75) is 19.6 Å². The average molecular weight is 427 g/mol. The molecule has 7 heteroatoms. The molecule has 25 heavy (non-hydrogen) atoms. The Labute approximate surface area is 159 Å². The third-order valence-corrected chi connectivity index (χ3v) is 4.43. The Morgan fingerprint density at radius 2 is 1.96 bits per heavy atom. The molecule has 0 saturated carbocycles. The second kappa shape index (κ2) is 8.87. The molecule has 5 nitrogen and oxygen atoms in total. The molecule has 1 N–H and O–H groups in total. The smallest absolute Gasteiger partial charge is 0.337 e. The molecule has 1 atom stereocenters. The number of hydrogen-bond acceptors (Lipinski definition) is 4. The molecule has 0 aliphatic rings. The normalized spacial score (nSPS) is 11.5. The molecular weight excluding hydrogens is 410 g/mol. The minimum Gasteiger partial charge on any atom is -0.480 e. The van der Waals surface area contributed by atoms with Crippen molar-refractivity contribution in [3.63, 3.8) is 0 Å². The molecule has 0 radical (unpaired) electrons. The van der Waals surface area contributed by atoms with Crippen LogP contribution in [-0.2, 0) is 16.1 Å². The van der Waals surface area contributed by atoms with E-state index in [1.165, 1.54) is 7.11 Å². The summed E-state index contributed by atoms with van der Waals surface area (Å²) in [6.07, 6.45) is -0.720. The Balaban J connectivity index is 1.97. The van der Waals surface area contributed by atoms with E-state index in [0.29, 0.717) is 27.4 Å². The number of halogens is 2. The van der Waals surface area contributed by atoms with Crippen LogP contribution >= 0.6 is 27.5 Å². The molecule has 0 spiro atoms. The van der Waals surface area contributed by atoms with Gasteiger partial charge in [0.15, 0.2) is 6.10 Å². The van der Waals surface area contributed by atoms with E-state index in [1.807, 2.05) is 18.2 Å². The fraction of sp³-hybridized carbons (Fsp3) is 0.222. The first-order chi connectivity index (χ1) is 11.9. The summed E-state index contributed by atoms with van der Waals surface area (Å²) in [4.78, 5) is 23.7. The highest BCUT2D eigenvalue weighted by atomic mass is 79.9. The lowest BCUT2D eigenvalue weighted by molar-refractivity contribution is -0.127. The molecule has 2 rings (SSSR count). The molecule has 2 aromatic carbocycles. The molecule has 0 heterocycles. The third kappa shape index (κ3) is 5.21. The molecule has 0 aromatic heterocycles. The predicted octanol–water partition coefficient (Wildman–Crippen LogP) is 3.97. The number of carbonyl (C=O) groups excluding carboxylic acids is 2. The van der Waals surface area contributed by atoms with E-state index in [1.54, 1.807) is 31.2 Å². The Kier molecular flexibility index (Phi) is 6.84. The fourth-order valence-corrected chi connectivity index (χ4v) is 2.73. The maximum atomic E-state index is 12.2. The maximum Gasteiger partial charge on any atom is 0.337 e. The van der Waals surface area contributed by atoms with Crippen LogP contribution in [0.4, 0.5) is 0 Å². The summed E-state index contributed by atoms with van der Waals surface area (Å²) < 4.78 is 10.9. The first kappa shape index (κ1) is 19.3. The highest BCUT2D eigenvalue weighted by Gasteiger charge is 2.17. The van der Waals surface area contributed by atoms with Crippen molar-refractivity contribution in [3.05, 3.63) is 63.1 Å². The standard InChI is InChI=1S/C18H17BrClNO4/c1-11(17(22)21-10-13-5-3-4-6-15(13)20)25-16-8-7-12(9-14(16)19)18(23)24-2/h3-9,11H,10H2,1-2H3,(H,21,22). The summed E-state index contributed by atoms with van der Waals surface area (Å²) in [5, 5.41) is 3.38. The van der Waals surface area contributed by atoms with Crippen molar-refractivity contribution in [1.82, 2.24) is 5.32 Å². The largest absolute Gasteiger partial charge is 0.480 e. The summed E-state index contributed by atoms with van der Waals surface area (Å²) in [5.41, 5.74) is 1.21. The van der Waals surface area contributed by atoms with Gasteiger partial charge in [-0.1, -0.05) is 29.8 Å². The minimum atomic E-state index is -0.720. The molecule has 1 amide bonds. The zero-order valence-electron chi connectivity index (χ0n) is 13.7. The van der Waals surface area contributed by atoms with Gasteiger partial charge >= 0.3 is 5.97 Å². The predicted molar refractivity (Wildman–Crippen MR) is 98.9 cm³/mol. The van der Waals surface area contributed by atoms with E-state index in [4.69, 9.17) is 16.3 Å². The molecule has 0 aliphatic carbocycles. The Hall–Kier alpha value is -2.05. The van der Waals surface area contributed by atoms with Crippen molar-refractivity contribution in [1.29, 1.82) is 0 Å². The molecular formula is C18H17BrClNO4. The van der Waals surface area contributed by atoms with E-state index < -0.39 is 12.1 Å². The first-order valence-electron chi connectivity index (χ1n) is 7.48. The quantitative estimate of drug-likeness (QED) is 0.710. The summed E-state index contributed by atoms with van der Waals surface area (Å²) in [5.74, 6) is -0.269. The van der Waals surface area contributed by atoms with Gasteiger partial charge in [0.05, 0.1) is 17.1 Å². The molecule has 132 valence electrons. The van der Waals surface area contributed by atoms with Crippen LogP contribution in [0.25, 0.3) is 0 Å². The van der Waals surface area contributed by atoms with Gasteiger partial charge in [0.25, 0.3) is 5.91 Å². The van der Waals surface area contributed by atoms with Gasteiger partial charge in [-0.25, -0.2) is 4.79 Å². The average Bonchev–Trinajstić information content (AvgIpc) is 2.61. The van der Waals surface area contributed by atoms with Crippen LogP contribution in [0.1, 0.15) is 22.8 Å². The van der Waals surface area contributed by atoms with Crippen molar-refractivity contribution in [3.8, 4) is 5.75 Å². The van der Waals surface area contributed by atoms with E-state index in [0.717, 1.165) is 5.56 Å². The highest BCUT2D eigenvalue weighted by Crippen LogP contribution is 2.27. The number of methoxy groups -OCH3 is 1. The summed E-state index contributed by atoms with van der Waals surface area (Å²) in [6, 6.07) is 12.0. The number of ether oxygens (including phenoxy) is 2. The first-order valence-corrected chi connectivity index (χ1v) is 8.65. The van der Waals surface area contributed by atoms with Gasteiger partial charge in [0.1, 0.15) is 5.75 Å². The van der Waals surface area contributed by atoms with Gasteiger partial charge in [-0.15, -0.1) is 0 Å². The van der Waals surface area contributed by atoms with E-state index >= 15 is 0 Å². The lowest BCUT2D eigenvalue weighted by Gasteiger charge is -2.16. The maximum absolute atomic E-state index is 12.2. The topological polar surface area (TPSA) is 64.6 Å². The van der Waals surface area contributed by atoms with Gasteiger partial charge in [-0.05, 0) is 52.7 Å². The summed E-state index contributed by atoms with van der Waals surface area (Å²) >= 11 is 9.39. The van der Waals surface area contributed by atoms with E-state index in [2.05, 4.69) is 26.0 Å². The van der Waals surface area contributed by atoms with Crippen LogP contribution in [0.15, 0.2) is 46.9 Å². The highest BCUT2D eigenvalue weighted by molar-refractivity contribution is 9.10. The number of carbonyl (C=O) groups is 2. The zero-order chi connectivity index (χ0) is 18.4. The monoisotopic (exact) mass is 425 g/mol. The number of esters is 1. The van der Waals surface area contributed by atoms with Gasteiger partial charge in [-0.2, -0.15) is 0 Å². The summed E-state index contributed by atoms with van der Waals surface area (Å²) in [7, 11) is 1.31. The van der Waals surface area contributed by atoms with Gasteiger partial charge in [-0.3, -0.25) is 4.79 Å². The lowest BCUT2D eigenvalue weighted by atomic mass is 10.2. The Bertz CT molecular complexity index is 781. The van der Waals surface area contributed by atoms with Crippen LogP contribution in [0.5, 0.6) is 5.75 Å². The van der Waals surface area contributed by atoms with Gasteiger partial charge in [0, 0.05) is 11.6 Å². The van der Waals surface area contributed by atoms with Crippen LogP contribution in [0.3, 0.4) is 0 Å². The molecule has 2 aromatic rings. The van der Waals surface area contributed by atoms with Crippen molar-refractivity contribution in [2.24, 2.45) is 0 Å². The van der Waals surface area contributed by atoms with Crippen molar-refractivity contribution < 1.29 is 19.1 Å². The molecule has 0 fully saturated rings. The minimum absolute atomic E-state index is 0.274. The second-order valence-electron chi connectivity index (χ2n) is 5.21. The Morgan fingerprint density at radius 3 is 2.60 bits per heavy atom. The Morgan fingerprint density at radius 1 is 1.24 bits per heavy atom. The second-order valence-corrected chi connectivity index (χ2v) is 6.47. The zero-order valence-corrected chi connectivity index (χ0v) is 16.1. The van der Waals surface area contributed by atoms with Crippen LogP contribution in [-0.4, -0.2) is 25.1 Å². The van der Waals surface area contributed by atoms with Crippen molar-refractivity contribution >= 4 is 39.4 Å². The van der Waals surface area contributed by atoms with E-state index in [9.17, 15) is 9.59 Å². The lowest BCUT2D eigenvalue weighted by Crippen LogP contribution is -2.36. The molecule has 0 aliphatic heterocycles. The van der Waals surface area contributed by atoms with Crippen LogP contribution in [0.2, 0.25) is 5.02 Å². The SMILES string of the molecule is COC(=O)c1ccc(OC(C)C(=O)NCc2ccccc2Cl)c(Br)c1. The number of amides is 1. The van der Waals surface area contributed by atoms with Crippen molar-refractivity contribution in [2.75, 3.05) is 7.11 Å². The number of nitrogens with one attached hydrogen (secondary N) is 1. The number of hydrogen-bond donors (Lipinski definition) is 1. The molecule has 0 bridgehead atoms. The van der Waals surface area contributed by atoms with Crippen LogP contribution < -0.4 is 10.1 Å². The third-order valence-electron chi connectivity index (χ3n) is 3.44. The summed E-state index contributed by atoms with van der Waals surface area (Å²) in [6.45, 7) is 1.96. The number of rotatable bonds is 6. The van der Waals surface area contributed by atoms with Gasteiger partial charge < -0.3 is 14.8 Å². The number of benzene rings is 2. The van der Waals surface area contributed by atoms with Crippen LogP contribution in [0, 0.1) is 0 Å². The van der Waals surface area contributed by atoms with Gasteiger partial charge in [0.2, 0.25) is 0 Å². The molecule has 0 saturated heterocycles.